The minimum Gasteiger partial charge on any atom is -0.489 e. The molecular formula is C33H39N2O5+. The molecule has 3 aromatic rings. The molecule has 1 atom stereocenters. The standard InChI is InChI=1S/C33H39N2O5/c1-35(22-32(15-17-34-18-16-32)29-5-3-4-6-30(29)35)19-25-7-9-26(10-8-25)20-39-28-13-11-27(12-14-28)33(23-38-24-33)40-21-31(36)37-2/h3-14,34H,15-24H2,1-2H3/q+1. The summed E-state index contributed by atoms with van der Waals surface area (Å²) in [6.07, 6.45) is 2.43. The maximum absolute atomic E-state index is 11.5. The van der Waals surface area contributed by atoms with Gasteiger partial charge in [0.15, 0.2) is 0 Å². The number of methoxy groups -OCH3 is 1. The van der Waals surface area contributed by atoms with Gasteiger partial charge in [-0.1, -0.05) is 54.6 Å². The van der Waals surface area contributed by atoms with E-state index in [0.717, 1.165) is 47.5 Å². The number of likely N-dealkylation sites (N-methyl/N-ethyl adjacent to an activating group) is 1. The summed E-state index contributed by atoms with van der Waals surface area (Å²) in [7, 11) is 3.75. The first kappa shape index (κ1) is 27.0. The molecule has 7 heteroatoms. The van der Waals surface area contributed by atoms with Crippen LogP contribution in [0.2, 0.25) is 0 Å². The lowest BCUT2D eigenvalue weighted by Gasteiger charge is -2.41. The van der Waals surface area contributed by atoms with Gasteiger partial charge in [-0.2, -0.15) is 0 Å². The van der Waals surface area contributed by atoms with Crippen LogP contribution in [0.15, 0.2) is 72.8 Å². The molecule has 6 rings (SSSR count). The van der Waals surface area contributed by atoms with E-state index >= 15 is 0 Å². The van der Waals surface area contributed by atoms with Crippen LogP contribution in [0.4, 0.5) is 5.69 Å². The van der Waals surface area contributed by atoms with Gasteiger partial charge >= 0.3 is 5.97 Å². The van der Waals surface area contributed by atoms with Crippen LogP contribution in [0.1, 0.15) is 35.1 Å². The van der Waals surface area contributed by atoms with Crippen molar-refractivity contribution in [3.63, 3.8) is 0 Å². The molecule has 210 valence electrons. The highest BCUT2D eigenvalue weighted by Gasteiger charge is 2.51. The van der Waals surface area contributed by atoms with E-state index in [1.54, 1.807) is 5.56 Å². The van der Waals surface area contributed by atoms with E-state index in [0.29, 0.717) is 25.2 Å². The van der Waals surface area contributed by atoms with E-state index in [-0.39, 0.29) is 6.61 Å². The molecule has 0 saturated carbocycles. The van der Waals surface area contributed by atoms with Crippen LogP contribution in [0, 0.1) is 0 Å². The number of esters is 1. The lowest BCUT2D eigenvalue weighted by Crippen LogP contribution is -2.50. The van der Waals surface area contributed by atoms with Crippen LogP contribution in [0.25, 0.3) is 0 Å². The first-order valence-electron chi connectivity index (χ1n) is 14.2. The molecule has 1 N–H and O–H groups in total. The van der Waals surface area contributed by atoms with Crippen LogP contribution in [0.3, 0.4) is 0 Å². The molecule has 1 unspecified atom stereocenters. The molecule has 3 aromatic carbocycles. The number of carbonyl (C=O) groups excluding carboxylic acids is 1. The summed E-state index contributed by atoms with van der Waals surface area (Å²) in [5.74, 6) is 0.388. The van der Waals surface area contributed by atoms with Crippen molar-refractivity contribution in [1.29, 1.82) is 0 Å². The topological polar surface area (TPSA) is 66.0 Å². The molecule has 0 aliphatic carbocycles. The number of nitrogens with one attached hydrogen (secondary N) is 1. The smallest absolute Gasteiger partial charge is 0.331 e. The van der Waals surface area contributed by atoms with Crippen molar-refractivity contribution in [2.75, 3.05) is 53.6 Å². The fraction of sp³-hybridized carbons (Fsp3) is 0.424. The molecule has 3 aliphatic rings. The van der Waals surface area contributed by atoms with E-state index in [4.69, 9.17) is 18.9 Å². The Balaban J connectivity index is 1.07. The van der Waals surface area contributed by atoms with Gasteiger partial charge in [0.2, 0.25) is 0 Å². The lowest BCUT2D eigenvalue weighted by molar-refractivity contribution is -0.220. The largest absolute Gasteiger partial charge is 0.489 e. The van der Waals surface area contributed by atoms with Gasteiger partial charge in [-0.3, -0.25) is 4.48 Å². The first-order valence-corrected chi connectivity index (χ1v) is 14.2. The molecule has 2 saturated heterocycles. The zero-order chi connectivity index (χ0) is 27.6. The second-order valence-electron chi connectivity index (χ2n) is 11.7. The van der Waals surface area contributed by atoms with Crippen molar-refractivity contribution in [2.45, 2.75) is 37.0 Å². The van der Waals surface area contributed by atoms with Gasteiger partial charge in [-0.05, 0) is 55.3 Å². The fourth-order valence-electron chi connectivity index (χ4n) is 6.75. The number of quaternary nitrogens is 1. The van der Waals surface area contributed by atoms with Gasteiger partial charge in [0, 0.05) is 11.1 Å². The quantitative estimate of drug-likeness (QED) is 0.318. The van der Waals surface area contributed by atoms with E-state index < -0.39 is 11.6 Å². The monoisotopic (exact) mass is 543 g/mol. The van der Waals surface area contributed by atoms with Gasteiger partial charge in [-0.25, -0.2) is 4.79 Å². The van der Waals surface area contributed by atoms with Gasteiger partial charge in [0.1, 0.15) is 36.8 Å². The highest BCUT2D eigenvalue weighted by molar-refractivity contribution is 5.70. The summed E-state index contributed by atoms with van der Waals surface area (Å²) >= 11 is 0. The molecule has 2 fully saturated rings. The summed E-state index contributed by atoms with van der Waals surface area (Å²) in [5.41, 5.74) is 6.16. The van der Waals surface area contributed by atoms with Crippen molar-refractivity contribution < 1.29 is 23.7 Å². The van der Waals surface area contributed by atoms with Crippen molar-refractivity contribution >= 4 is 11.7 Å². The molecule has 0 bridgehead atoms. The second-order valence-corrected chi connectivity index (χ2v) is 11.7. The predicted octanol–water partition coefficient (Wildman–Crippen LogP) is 4.45. The molecule has 1 spiro atoms. The highest BCUT2D eigenvalue weighted by Crippen LogP contribution is 2.49. The number of rotatable bonds is 9. The molecule has 0 amide bonds. The number of benzene rings is 3. The number of nitrogens with zero attached hydrogens (tertiary/aromatic N) is 1. The zero-order valence-corrected chi connectivity index (χ0v) is 23.5. The number of piperidine rings is 1. The Morgan fingerprint density at radius 3 is 2.33 bits per heavy atom. The Kier molecular flexibility index (Phi) is 7.40. The van der Waals surface area contributed by atoms with Crippen molar-refractivity contribution in [2.24, 2.45) is 0 Å². The number of hydrogen-bond acceptors (Lipinski definition) is 6. The van der Waals surface area contributed by atoms with Crippen LogP contribution in [-0.4, -0.2) is 59.6 Å². The first-order chi connectivity index (χ1) is 19.4. The normalized spacial score (nSPS) is 22.4. The third kappa shape index (κ3) is 5.15. The zero-order valence-electron chi connectivity index (χ0n) is 23.5. The molecule has 3 aliphatic heterocycles. The average Bonchev–Trinajstić information content (AvgIpc) is 3.20. The minimum absolute atomic E-state index is 0.100. The van der Waals surface area contributed by atoms with Crippen molar-refractivity contribution in [3.8, 4) is 5.75 Å². The van der Waals surface area contributed by atoms with Gasteiger partial charge < -0.3 is 24.3 Å². The van der Waals surface area contributed by atoms with E-state index in [2.05, 4.69) is 60.9 Å². The summed E-state index contributed by atoms with van der Waals surface area (Å²) in [4.78, 5) is 11.5. The highest BCUT2D eigenvalue weighted by atomic mass is 16.6. The third-order valence-corrected chi connectivity index (χ3v) is 8.97. The number of ether oxygens (including phenoxy) is 4. The Labute approximate surface area is 236 Å². The summed E-state index contributed by atoms with van der Waals surface area (Å²) < 4.78 is 23.0. The summed E-state index contributed by atoms with van der Waals surface area (Å²) in [5, 5.41) is 3.55. The molecule has 3 heterocycles. The minimum atomic E-state index is -0.606. The Bertz CT molecular complexity index is 1330. The van der Waals surface area contributed by atoms with Gasteiger partial charge in [0.05, 0.1) is 39.3 Å². The number of para-hydroxylation sites is 1. The molecule has 40 heavy (non-hydrogen) atoms. The van der Waals surface area contributed by atoms with E-state index in [1.807, 2.05) is 24.3 Å². The predicted molar refractivity (Wildman–Crippen MR) is 154 cm³/mol. The van der Waals surface area contributed by atoms with Crippen LogP contribution < -0.4 is 14.5 Å². The second kappa shape index (κ2) is 11.0. The van der Waals surface area contributed by atoms with Crippen LogP contribution in [-0.2, 0) is 43.2 Å². The van der Waals surface area contributed by atoms with E-state index in [9.17, 15) is 4.79 Å². The SMILES string of the molecule is COC(=O)COC1(c2ccc(OCc3ccc(C[N+]4(C)CC5(CCNCC5)c5ccccc54)cc3)cc2)COC1. The third-order valence-electron chi connectivity index (χ3n) is 8.97. The molecular weight excluding hydrogens is 504 g/mol. The molecule has 0 radical (unpaired) electrons. The summed E-state index contributed by atoms with van der Waals surface area (Å²) in [6, 6.07) is 25.8. The number of hydrogen-bond donors (Lipinski definition) is 1. The maximum atomic E-state index is 11.5. The van der Waals surface area contributed by atoms with Crippen LogP contribution in [0.5, 0.6) is 5.75 Å². The Morgan fingerprint density at radius 1 is 0.950 bits per heavy atom. The maximum Gasteiger partial charge on any atom is 0.331 e. The summed E-state index contributed by atoms with van der Waals surface area (Å²) in [6.45, 7) is 5.58. The number of carbonyl (C=O) groups is 1. The number of fused-ring (bicyclic) bond motifs is 2. The molecule has 7 nitrogen and oxygen atoms in total. The molecule has 0 aromatic heterocycles. The van der Waals surface area contributed by atoms with E-state index in [1.165, 1.54) is 31.2 Å². The van der Waals surface area contributed by atoms with Crippen LogP contribution >= 0.6 is 0 Å². The average molecular weight is 544 g/mol. The Hall–Kier alpha value is -3.23. The van der Waals surface area contributed by atoms with Crippen molar-refractivity contribution in [3.05, 3.63) is 95.1 Å². The van der Waals surface area contributed by atoms with Gasteiger partial charge in [0.25, 0.3) is 0 Å². The van der Waals surface area contributed by atoms with Crippen molar-refractivity contribution in [1.82, 2.24) is 9.80 Å². The lowest BCUT2D eigenvalue weighted by atomic mass is 9.75. The fourth-order valence-corrected chi connectivity index (χ4v) is 6.75. The van der Waals surface area contributed by atoms with Gasteiger partial charge in [-0.15, -0.1) is 0 Å². The Morgan fingerprint density at radius 2 is 1.65 bits per heavy atom.